The van der Waals surface area contributed by atoms with Crippen LogP contribution in [0.4, 0.5) is 0 Å². The van der Waals surface area contributed by atoms with Gasteiger partial charge >= 0.3 is 5.97 Å². The lowest BCUT2D eigenvalue weighted by Gasteiger charge is -2.07. The smallest absolute Gasteiger partial charge is 0.332 e. The first kappa shape index (κ1) is 12.9. The minimum atomic E-state index is -0.498. The predicted molar refractivity (Wildman–Crippen MR) is 66.4 cm³/mol. The second kappa shape index (κ2) is 5.90. The molecule has 18 heavy (non-hydrogen) atoms. The number of hydrogen-bond donors (Lipinski definition) is 0. The third-order valence-electron chi connectivity index (χ3n) is 2.53. The molecule has 0 bridgehead atoms. The zero-order valence-corrected chi connectivity index (χ0v) is 11.1. The third-order valence-corrected chi connectivity index (χ3v) is 3.09. The number of carbonyl (C=O) groups excluding carboxylic acids is 1. The fourth-order valence-electron chi connectivity index (χ4n) is 1.67. The zero-order chi connectivity index (χ0) is 13.0. The van der Waals surface area contributed by atoms with Crippen molar-refractivity contribution in [2.75, 3.05) is 12.9 Å². The van der Waals surface area contributed by atoms with E-state index in [1.54, 1.807) is 19.2 Å². The summed E-state index contributed by atoms with van der Waals surface area (Å²) < 4.78 is 4.93. The van der Waals surface area contributed by atoms with E-state index in [0.29, 0.717) is 18.2 Å². The molecule has 6 nitrogen and oxygen atoms in total. The highest BCUT2D eigenvalue weighted by atomic mass is 32.2. The van der Waals surface area contributed by atoms with Gasteiger partial charge in [-0.15, -0.1) is 0 Å². The van der Waals surface area contributed by atoms with Gasteiger partial charge in [0.1, 0.15) is 6.04 Å². The molecule has 0 N–H and O–H groups in total. The Bertz CT molecular complexity index is 466. The van der Waals surface area contributed by atoms with Crippen molar-refractivity contribution in [2.24, 2.45) is 10.2 Å². The Kier molecular flexibility index (Phi) is 4.24. The van der Waals surface area contributed by atoms with Gasteiger partial charge in [-0.3, -0.25) is 0 Å². The Labute approximate surface area is 109 Å². The van der Waals surface area contributed by atoms with Crippen LogP contribution < -0.4 is 0 Å². The first-order chi connectivity index (χ1) is 8.74. The lowest BCUT2D eigenvalue weighted by molar-refractivity contribution is -0.144. The van der Waals surface area contributed by atoms with Crippen molar-refractivity contribution in [1.82, 2.24) is 9.97 Å². The van der Waals surface area contributed by atoms with Gasteiger partial charge in [-0.25, -0.2) is 14.8 Å². The molecule has 0 saturated carbocycles. The Morgan fingerprint density at radius 1 is 1.56 bits per heavy atom. The lowest BCUT2D eigenvalue weighted by atomic mass is 10.1. The number of ether oxygens (including phenoxy) is 1. The second-order valence-corrected chi connectivity index (χ2v) is 4.49. The maximum absolute atomic E-state index is 11.5. The zero-order valence-electron chi connectivity index (χ0n) is 10.2. The van der Waals surface area contributed by atoms with Gasteiger partial charge in [-0.1, -0.05) is 11.8 Å². The number of nitrogens with zero attached hydrogens (tertiary/aromatic N) is 4. The van der Waals surface area contributed by atoms with Crippen LogP contribution >= 0.6 is 11.8 Å². The highest BCUT2D eigenvalue weighted by Crippen LogP contribution is 2.30. The molecular weight excluding hydrogens is 252 g/mol. The number of carbonyl (C=O) groups is 1. The van der Waals surface area contributed by atoms with Crippen molar-refractivity contribution in [2.45, 2.75) is 30.6 Å². The Morgan fingerprint density at radius 2 is 2.39 bits per heavy atom. The number of rotatable bonds is 4. The van der Waals surface area contributed by atoms with Gasteiger partial charge in [-0.2, -0.15) is 10.2 Å². The lowest BCUT2D eigenvalue weighted by Crippen LogP contribution is -2.20. The minimum Gasteiger partial charge on any atom is -0.464 e. The maximum Gasteiger partial charge on any atom is 0.332 e. The molecule has 0 aliphatic carbocycles. The highest BCUT2D eigenvalue weighted by molar-refractivity contribution is 7.98. The van der Waals surface area contributed by atoms with Crippen LogP contribution in [0.25, 0.3) is 0 Å². The third kappa shape index (κ3) is 2.84. The van der Waals surface area contributed by atoms with E-state index < -0.39 is 6.04 Å². The van der Waals surface area contributed by atoms with Crippen LogP contribution in [0.15, 0.2) is 27.6 Å². The molecule has 1 aromatic rings. The Hall–Kier alpha value is -1.50. The fraction of sp³-hybridized carbons (Fsp3) is 0.545. The van der Waals surface area contributed by atoms with E-state index in [-0.39, 0.29) is 12.0 Å². The molecule has 2 atom stereocenters. The fourth-order valence-corrected chi connectivity index (χ4v) is 2.03. The predicted octanol–water partition coefficient (Wildman–Crippen LogP) is 2.03. The van der Waals surface area contributed by atoms with Crippen molar-refractivity contribution in [3.63, 3.8) is 0 Å². The molecule has 2 rings (SSSR count). The molecule has 0 saturated heterocycles. The number of azo groups is 1. The summed E-state index contributed by atoms with van der Waals surface area (Å²) in [5, 5.41) is 8.74. The van der Waals surface area contributed by atoms with Gasteiger partial charge in [0.2, 0.25) is 0 Å². The number of esters is 1. The average Bonchev–Trinajstić information content (AvgIpc) is 2.89. The van der Waals surface area contributed by atoms with Crippen molar-refractivity contribution >= 4 is 17.7 Å². The largest absolute Gasteiger partial charge is 0.464 e. The van der Waals surface area contributed by atoms with E-state index in [1.807, 2.05) is 6.26 Å². The molecule has 1 aliphatic heterocycles. The Morgan fingerprint density at radius 3 is 3.11 bits per heavy atom. The van der Waals surface area contributed by atoms with Crippen LogP contribution in [-0.2, 0) is 9.53 Å². The van der Waals surface area contributed by atoms with Gasteiger partial charge in [0, 0.05) is 12.6 Å². The molecule has 7 heteroatoms. The summed E-state index contributed by atoms with van der Waals surface area (Å²) in [6.45, 7) is 2.14. The monoisotopic (exact) mass is 266 g/mol. The molecule has 1 aromatic heterocycles. The summed E-state index contributed by atoms with van der Waals surface area (Å²) in [4.78, 5) is 20.0. The summed E-state index contributed by atoms with van der Waals surface area (Å²) in [7, 11) is 0. The molecule has 0 spiro atoms. The van der Waals surface area contributed by atoms with Gasteiger partial charge in [-0.05, 0) is 19.2 Å². The van der Waals surface area contributed by atoms with Gasteiger partial charge in [0.25, 0.3) is 0 Å². The highest BCUT2D eigenvalue weighted by Gasteiger charge is 2.30. The summed E-state index contributed by atoms with van der Waals surface area (Å²) in [6, 6.07) is 1.13. The molecule has 96 valence electrons. The quantitative estimate of drug-likeness (QED) is 0.473. The Balaban J connectivity index is 2.04. The van der Waals surface area contributed by atoms with Crippen molar-refractivity contribution in [3.05, 3.63) is 18.0 Å². The first-order valence-corrected chi connectivity index (χ1v) is 6.90. The number of thioether (sulfide) groups is 1. The van der Waals surface area contributed by atoms with E-state index in [1.165, 1.54) is 11.8 Å². The standard InChI is InChI=1S/C11H14N4O2S/c1-3-17-10(16)9-6-8(14-15-9)7-4-5-12-11(13-7)18-2/h4-5,8-9H,3,6H2,1-2H3. The van der Waals surface area contributed by atoms with Crippen LogP contribution in [0.3, 0.4) is 0 Å². The summed E-state index contributed by atoms with van der Waals surface area (Å²) >= 11 is 1.47. The topological polar surface area (TPSA) is 76.8 Å². The molecule has 2 heterocycles. The SMILES string of the molecule is CCOC(=O)C1CC(c2ccnc(SC)n2)N=N1. The van der Waals surface area contributed by atoms with E-state index in [9.17, 15) is 4.79 Å². The van der Waals surface area contributed by atoms with Gasteiger partial charge in [0.05, 0.1) is 12.3 Å². The van der Waals surface area contributed by atoms with E-state index in [0.717, 1.165) is 5.69 Å². The van der Waals surface area contributed by atoms with Crippen LogP contribution in [-0.4, -0.2) is 34.8 Å². The summed E-state index contributed by atoms with van der Waals surface area (Å²) in [5.74, 6) is -0.317. The van der Waals surface area contributed by atoms with Gasteiger partial charge < -0.3 is 4.74 Å². The molecule has 0 fully saturated rings. The van der Waals surface area contributed by atoms with E-state index >= 15 is 0 Å². The molecule has 0 radical (unpaired) electrons. The van der Waals surface area contributed by atoms with Crippen LogP contribution in [0.5, 0.6) is 0 Å². The first-order valence-electron chi connectivity index (χ1n) is 5.68. The van der Waals surface area contributed by atoms with Crippen LogP contribution in [0.1, 0.15) is 25.1 Å². The number of aromatic nitrogens is 2. The second-order valence-electron chi connectivity index (χ2n) is 3.72. The van der Waals surface area contributed by atoms with E-state index in [4.69, 9.17) is 4.74 Å². The summed E-state index contributed by atoms with van der Waals surface area (Å²) in [5.41, 5.74) is 0.796. The molecule has 0 amide bonds. The van der Waals surface area contributed by atoms with Crippen molar-refractivity contribution in [3.8, 4) is 0 Å². The molecule has 0 aromatic carbocycles. The average molecular weight is 266 g/mol. The van der Waals surface area contributed by atoms with E-state index in [2.05, 4.69) is 20.2 Å². The molecular formula is C11H14N4O2S. The molecule has 2 unspecified atom stereocenters. The minimum absolute atomic E-state index is 0.173. The molecule has 1 aliphatic rings. The van der Waals surface area contributed by atoms with Crippen molar-refractivity contribution in [1.29, 1.82) is 0 Å². The van der Waals surface area contributed by atoms with Crippen LogP contribution in [0.2, 0.25) is 0 Å². The van der Waals surface area contributed by atoms with Crippen molar-refractivity contribution < 1.29 is 9.53 Å². The summed E-state index contributed by atoms with van der Waals surface area (Å²) in [6.07, 6.45) is 4.13. The normalized spacial score (nSPS) is 22.1. The number of hydrogen-bond acceptors (Lipinski definition) is 7. The maximum atomic E-state index is 11.5. The van der Waals surface area contributed by atoms with Crippen LogP contribution in [0, 0.1) is 0 Å². The van der Waals surface area contributed by atoms with Gasteiger partial charge in [0.15, 0.2) is 11.2 Å².